The molecule has 4 heteroatoms. The summed E-state index contributed by atoms with van der Waals surface area (Å²) in [5.74, 6) is 0.555. The Morgan fingerprint density at radius 2 is 2.00 bits per heavy atom. The Bertz CT molecular complexity index is 424. The molecule has 0 radical (unpaired) electrons. The van der Waals surface area contributed by atoms with E-state index in [0.717, 1.165) is 32.4 Å². The molecule has 2 saturated heterocycles. The summed E-state index contributed by atoms with van der Waals surface area (Å²) in [6, 6.07) is 3.95. The number of carbonyl (C=O) groups excluding carboxylic acids is 1. The summed E-state index contributed by atoms with van der Waals surface area (Å²) in [6.07, 6.45) is 8.85. The second-order valence-electron chi connectivity index (χ2n) is 5.96. The minimum absolute atomic E-state index is 0.0705. The molecule has 4 nitrogen and oxygen atoms in total. The average Bonchev–Trinajstić information content (AvgIpc) is 3.18. The van der Waals surface area contributed by atoms with Gasteiger partial charge in [-0.05, 0) is 63.7 Å². The van der Waals surface area contributed by atoms with Crippen LogP contribution in [0.5, 0.6) is 0 Å². The Morgan fingerprint density at radius 1 is 1.20 bits per heavy atom. The standard InChI is InChI=1S/C16H24N2O2/c19-16(15-7-5-13-20-15)18-11-2-1-6-14(18)8-12-17-9-3-4-10-17/h5,7,13-14H,1-4,6,8-12H2/t14-/m0/s1. The van der Waals surface area contributed by atoms with E-state index >= 15 is 0 Å². The fourth-order valence-corrected chi connectivity index (χ4v) is 3.45. The van der Waals surface area contributed by atoms with Crippen molar-refractivity contribution < 1.29 is 9.21 Å². The molecule has 2 fully saturated rings. The maximum absolute atomic E-state index is 12.5. The molecule has 3 heterocycles. The summed E-state index contributed by atoms with van der Waals surface area (Å²) < 4.78 is 5.27. The predicted molar refractivity (Wildman–Crippen MR) is 77.7 cm³/mol. The van der Waals surface area contributed by atoms with E-state index in [4.69, 9.17) is 4.42 Å². The molecule has 0 saturated carbocycles. The lowest BCUT2D eigenvalue weighted by Gasteiger charge is -2.36. The van der Waals surface area contributed by atoms with Gasteiger partial charge in [-0.15, -0.1) is 0 Å². The van der Waals surface area contributed by atoms with Gasteiger partial charge in [-0.1, -0.05) is 0 Å². The lowest BCUT2D eigenvalue weighted by Crippen LogP contribution is -2.45. The molecule has 1 atom stereocenters. The minimum Gasteiger partial charge on any atom is -0.459 e. The quantitative estimate of drug-likeness (QED) is 0.848. The molecule has 0 spiro atoms. The molecule has 20 heavy (non-hydrogen) atoms. The zero-order chi connectivity index (χ0) is 13.8. The number of hydrogen-bond acceptors (Lipinski definition) is 3. The molecule has 0 N–H and O–H groups in total. The summed E-state index contributed by atoms with van der Waals surface area (Å²) in [5.41, 5.74) is 0. The molecule has 0 unspecified atom stereocenters. The highest BCUT2D eigenvalue weighted by Crippen LogP contribution is 2.23. The van der Waals surface area contributed by atoms with Gasteiger partial charge in [0.05, 0.1) is 6.26 Å². The lowest BCUT2D eigenvalue weighted by atomic mass is 9.98. The molecule has 1 aromatic heterocycles. The summed E-state index contributed by atoms with van der Waals surface area (Å²) in [5, 5.41) is 0. The number of piperidine rings is 1. The smallest absolute Gasteiger partial charge is 0.289 e. The summed E-state index contributed by atoms with van der Waals surface area (Å²) in [6.45, 7) is 4.48. The molecular weight excluding hydrogens is 252 g/mol. The van der Waals surface area contributed by atoms with Gasteiger partial charge < -0.3 is 14.2 Å². The second-order valence-corrected chi connectivity index (χ2v) is 5.96. The number of likely N-dealkylation sites (tertiary alicyclic amines) is 2. The SMILES string of the molecule is O=C(c1ccco1)N1CCCC[C@H]1CCN1CCCC1. The van der Waals surface area contributed by atoms with Crippen LogP contribution in [0.15, 0.2) is 22.8 Å². The van der Waals surface area contributed by atoms with Gasteiger partial charge in [-0.2, -0.15) is 0 Å². The Hall–Kier alpha value is -1.29. The molecule has 0 aromatic carbocycles. The molecule has 2 aliphatic heterocycles. The van der Waals surface area contributed by atoms with E-state index in [1.165, 1.54) is 32.4 Å². The van der Waals surface area contributed by atoms with Gasteiger partial charge in [-0.25, -0.2) is 0 Å². The van der Waals surface area contributed by atoms with Crippen LogP contribution in [0, 0.1) is 0 Å². The molecule has 0 bridgehead atoms. The first kappa shape index (κ1) is 13.7. The third-order valence-corrected chi connectivity index (χ3v) is 4.60. The Kier molecular flexibility index (Phi) is 4.41. The van der Waals surface area contributed by atoms with Crippen molar-refractivity contribution in [2.45, 2.75) is 44.6 Å². The summed E-state index contributed by atoms with van der Waals surface area (Å²) in [4.78, 5) is 17.1. The Morgan fingerprint density at radius 3 is 2.75 bits per heavy atom. The third kappa shape index (κ3) is 3.06. The van der Waals surface area contributed by atoms with Crippen molar-refractivity contribution in [3.8, 4) is 0 Å². The van der Waals surface area contributed by atoms with Crippen LogP contribution in [-0.2, 0) is 0 Å². The van der Waals surface area contributed by atoms with Crippen LogP contribution in [0.1, 0.15) is 49.1 Å². The van der Waals surface area contributed by atoms with Gasteiger partial charge in [0.25, 0.3) is 5.91 Å². The maximum atomic E-state index is 12.5. The van der Waals surface area contributed by atoms with Gasteiger partial charge in [-0.3, -0.25) is 4.79 Å². The Balaban J connectivity index is 1.59. The van der Waals surface area contributed by atoms with E-state index in [9.17, 15) is 4.79 Å². The normalized spacial score (nSPS) is 24.2. The van der Waals surface area contributed by atoms with Crippen molar-refractivity contribution in [1.82, 2.24) is 9.80 Å². The number of nitrogens with zero attached hydrogens (tertiary/aromatic N) is 2. The van der Waals surface area contributed by atoms with Crippen LogP contribution in [0.3, 0.4) is 0 Å². The van der Waals surface area contributed by atoms with Crippen molar-refractivity contribution in [1.29, 1.82) is 0 Å². The van der Waals surface area contributed by atoms with E-state index in [2.05, 4.69) is 4.90 Å². The van der Waals surface area contributed by atoms with E-state index in [1.54, 1.807) is 18.4 Å². The van der Waals surface area contributed by atoms with Crippen LogP contribution in [-0.4, -0.2) is 47.9 Å². The highest BCUT2D eigenvalue weighted by atomic mass is 16.3. The van der Waals surface area contributed by atoms with Crippen molar-refractivity contribution in [2.75, 3.05) is 26.2 Å². The van der Waals surface area contributed by atoms with E-state index in [-0.39, 0.29) is 5.91 Å². The Labute approximate surface area is 120 Å². The van der Waals surface area contributed by atoms with Crippen molar-refractivity contribution in [3.05, 3.63) is 24.2 Å². The first-order chi connectivity index (χ1) is 9.84. The molecule has 2 aliphatic rings. The fourth-order valence-electron chi connectivity index (χ4n) is 3.45. The first-order valence-corrected chi connectivity index (χ1v) is 7.91. The average molecular weight is 276 g/mol. The van der Waals surface area contributed by atoms with E-state index in [0.29, 0.717) is 11.8 Å². The molecular formula is C16H24N2O2. The minimum atomic E-state index is 0.0705. The predicted octanol–water partition coefficient (Wildman–Crippen LogP) is 2.76. The maximum Gasteiger partial charge on any atom is 0.289 e. The number of hydrogen-bond donors (Lipinski definition) is 0. The lowest BCUT2D eigenvalue weighted by molar-refractivity contribution is 0.0556. The van der Waals surface area contributed by atoms with Crippen LogP contribution >= 0.6 is 0 Å². The van der Waals surface area contributed by atoms with Gasteiger partial charge in [0.2, 0.25) is 0 Å². The van der Waals surface area contributed by atoms with Crippen LogP contribution in [0.2, 0.25) is 0 Å². The topological polar surface area (TPSA) is 36.7 Å². The highest BCUT2D eigenvalue weighted by molar-refractivity contribution is 5.91. The largest absolute Gasteiger partial charge is 0.459 e. The number of amides is 1. The van der Waals surface area contributed by atoms with Gasteiger partial charge in [0.15, 0.2) is 5.76 Å². The zero-order valence-electron chi connectivity index (χ0n) is 12.1. The first-order valence-electron chi connectivity index (χ1n) is 7.91. The van der Waals surface area contributed by atoms with Crippen LogP contribution in [0.25, 0.3) is 0 Å². The molecule has 0 aliphatic carbocycles. The fraction of sp³-hybridized carbons (Fsp3) is 0.688. The zero-order valence-corrected chi connectivity index (χ0v) is 12.1. The molecule has 110 valence electrons. The monoisotopic (exact) mass is 276 g/mol. The van der Waals surface area contributed by atoms with Crippen molar-refractivity contribution in [3.63, 3.8) is 0 Å². The summed E-state index contributed by atoms with van der Waals surface area (Å²) >= 11 is 0. The van der Waals surface area contributed by atoms with Crippen LogP contribution < -0.4 is 0 Å². The van der Waals surface area contributed by atoms with E-state index in [1.807, 2.05) is 4.90 Å². The van der Waals surface area contributed by atoms with Crippen molar-refractivity contribution >= 4 is 5.91 Å². The third-order valence-electron chi connectivity index (χ3n) is 4.60. The van der Waals surface area contributed by atoms with Gasteiger partial charge in [0, 0.05) is 19.1 Å². The van der Waals surface area contributed by atoms with Gasteiger partial charge in [0.1, 0.15) is 0 Å². The second kappa shape index (κ2) is 6.44. The summed E-state index contributed by atoms with van der Waals surface area (Å²) in [7, 11) is 0. The van der Waals surface area contributed by atoms with Gasteiger partial charge >= 0.3 is 0 Å². The molecule has 1 amide bonds. The molecule has 3 rings (SSSR count). The highest BCUT2D eigenvalue weighted by Gasteiger charge is 2.29. The number of rotatable bonds is 4. The number of carbonyl (C=O) groups is 1. The van der Waals surface area contributed by atoms with E-state index < -0.39 is 0 Å². The van der Waals surface area contributed by atoms with Crippen molar-refractivity contribution in [2.24, 2.45) is 0 Å². The number of furan rings is 1. The van der Waals surface area contributed by atoms with Crippen LogP contribution in [0.4, 0.5) is 0 Å². The molecule has 1 aromatic rings.